The van der Waals surface area contributed by atoms with Gasteiger partial charge in [-0.1, -0.05) is 13.8 Å². The van der Waals surface area contributed by atoms with Gasteiger partial charge in [-0.05, 0) is 50.7 Å². The summed E-state index contributed by atoms with van der Waals surface area (Å²) in [4.78, 5) is 0. The first-order valence-electron chi connectivity index (χ1n) is 7.31. The van der Waals surface area contributed by atoms with Crippen LogP contribution in [0.25, 0.3) is 0 Å². The minimum absolute atomic E-state index is 0.132. The molecule has 0 saturated carbocycles. The van der Waals surface area contributed by atoms with Crippen molar-refractivity contribution in [1.29, 1.82) is 0 Å². The van der Waals surface area contributed by atoms with Crippen molar-refractivity contribution in [3.63, 3.8) is 0 Å². The predicted octanol–water partition coefficient (Wildman–Crippen LogP) is 3.28. The second-order valence-corrected chi connectivity index (χ2v) is 7.19. The molecule has 1 aromatic heterocycles. The average molecular weight is 264 g/mol. The van der Waals surface area contributed by atoms with Crippen LogP contribution in [0.15, 0.2) is 12.3 Å². The molecule has 0 spiro atoms. The van der Waals surface area contributed by atoms with Gasteiger partial charge in [0.05, 0.1) is 12.1 Å². The van der Waals surface area contributed by atoms with Crippen molar-refractivity contribution in [3.8, 4) is 0 Å². The third-order valence-corrected chi connectivity index (χ3v) is 4.02. The van der Waals surface area contributed by atoms with E-state index in [1.807, 2.05) is 6.92 Å². The lowest BCUT2D eigenvalue weighted by atomic mass is 9.74. The molecule has 2 rings (SSSR count). The molecular weight excluding hydrogens is 236 g/mol. The molecule has 0 fully saturated rings. The van der Waals surface area contributed by atoms with Gasteiger partial charge < -0.3 is 15.0 Å². The van der Waals surface area contributed by atoms with Crippen molar-refractivity contribution in [3.05, 3.63) is 23.5 Å². The van der Waals surface area contributed by atoms with E-state index in [0.29, 0.717) is 0 Å². The monoisotopic (exact) mass is 264 g/mol. The number of hydrogen-bond acceptors (Lipinski definition) is 2. The Morgan fingerprint density at radius 2 is 2.16 bits per heavy atom. The molecule has 3 nitrogen and oxygen atoms in total. The van der Waals surface area contributed by atoms with E-state index in [1.165, 1.54) is 11.3 Å². The summed E-state index contributed by atoms with van der Waals surface area (Å²) in [5.41, 5.74) is 9.20. The van der Waals surface area contributed by atoms with Gasteiger partial charge in [0.25, 0.3) is 0 Å². The highest BCUT2D eigenvalue weighted by molar-refractivity contribution is 5.30. The Hall–Kier alpha value is -0.800. The van der Waals surface area contributed by atoms with Crippen LogP contribution in [-0.2, 0) is 17.7 Å². The Morgan fingerprint density at radius 3 is 2.79 bits per heavy atom. The SMILES string of the molecule is CCOC(C)(C)Cn1ccc2c1CC(C)(C)CC2N. The van der Waals surface area contributed by atoms with Gasteiger partial charge in [0.15, 0.2) is 0 Å². The molecule has 0 aliphatic heterocycles. The number of nitrogens with zero attached hydrogens (tertiary/aromatic N) is 1. The highest BCUT2D eigenvalue weighted by atomic mass is 16.5. The lowest BCUT2D eigenvalue weighted by molar-refractivity contribution is -0.0231. The smallest absolute Gasteiger partial charge is 0.0804 e. The Bertz CT molecular complexity index is 446. The Morgan fingerprint density at radius 1 is 1.47 bits per heavy atom. The van der Waals surface area contributed by atoms with Crippen molar-refractivity contribution < 1.29 is 4.74 Å². The number of hydrogen-bond donors (Lipinski definition) is 1. The summed E-state index contributed by atoms with van der Waals surface area (Å²) in [6.45, 7) is 12.6. The van der Waals surface area contributed by atoms with Gasteiger partial charge >= 0.3 is 0 Å². The Labute approximate surface area is 117 Å². The maximum Gasteiger partial charge on any atom is 0.0804 e. The van der Waals surface area contributed by atoms with Crippen LogP contribution in [0.1, 0.15) is 58.3 Å². The second-order valence-electron chi connectivity index (χ2n) is 7.19. The molecule has 0 radical (unpaired) electrons. The number of rotatable bonds is 4. The van der Waals surface area contributed by atoms with Crippen LogP contribution in [0.4, 0.5) is 0 Å². The molecule has 0 amide bonds. The quantitative estimate of drug-likeness (QED) is 0.906. The van der Waals surface area contributed by atoms with Crippen LogP contribution in [0.3, 0.4) is 0 Å². The van der Waals surface area contributed by atoms with E-state index in [4.69, 9.17) is 10.5 Å². The summed E-state index contributed by atoms with van der Waals surface area (Å²) in [6.07, 6.45) is 4.34. The predicted molar refractivity (Wildman–Crippen MR) is 79.2 cm³/mol. The first-order chi connectivity index (χ1) is 8.74. The fraction of sp³-hybridized carbons (Fsp3) is 0.750. The first kappa shape index (κ1) is 14.6. The number of fused-ring (bicyclic) bond motifs is 1. The molecule has 1 atom stereocenters. The molecule has 3 heteroatoms. The van der Waals surface area contributed by atoms with Gasteiger partial charge in [0.1, 0.15) is 0 Å². The molecule has 0 bridgehead atoms. The van der Waals surface area contributed by atoms with Crippen molar-refractivity contribution in [1.82, 2.24) is 4.57 Å². The van der Waals surface area contributed by atoms with E-state index < -0.39 is 0 Å². The second kappa shape index (κ2) is 4.95. The fourth-order valence-corrected chi connectivity index (χ4v) is 3.29. The van der Waals surface area contributed by atoms with Crippen molar-refractivity contribution in [2.45, 2.75) is 65.6 Å². The Balaban J connectivity index is 2.26. The molecule has 1 aliphatic carbocycles. The number of ether oxygens (including phenoxy) is 1. The van der Waals surface area contributed by atoms with E-state index >= 15 is 0 Å². The fourth-order valence-electron chi connectivity index (χ4n) is 3.29. The number of aromatic nitrogens is 1. The van der Waals surface area contributed by atoms with Crippen LogP contribution < -0.4 is 5.73 Å². The third kappa shape index (κ3) is 3.21. The molecule has 1 heterocycles. The van der Waals surface area contributed by atoms with Crippen LogP contribution >= 0.6 is 0 Å². The lowest BCUT2D eigenvalue weighted by Gasteiger charge is -2.35. The summed E-state index contributed by atoms with van der Waals surface area (Å²) in [6, 6.07) is 2.37. The van der Waals surface area contributed by atoms with E-state index in [2.05, 4.69) is 44.5 Å². The Kier molecular flexibility index (Phi) is 3.80. The zero-order chi connectivity index (χ0) is 14.3. The highest BCUT2D eigenvalue weighted by Gasteiger charge is 2.33. The van der Waals surface area contributed by atoms with Gasteiger partial charge in [0.2, 0.25) is 0 Å². The van der Waals surface area contributed by atoms with Crippen LogP contribution in [-0.4, -0.2) is 16.8 Å². The minimum Gasteiger partial charge on any atom is -0.374 e. The minimum atomic E-state index is -0.132. The van der Waals surface area contributed by atoms with Gasteiger partial charge in [-0.15, -0.1) is 0 Å². The summed E-state index contributed by atoms with van der Waals surface area (Å²) < 4.78 is 8.16. The maximum atomic E-state index is 6.31. The zero-order valence-electron chi connectivity index (χ0n) is 13.0. The normalized spacial score (nSPS) is 22.3. The zero-order valence-corrected chi connectivity index (χ0v) is 13.0. The number of nitrogens with two attached hydrogens (primary N) is 1. The molecule has 1 aromatic rings. The van der Waals surface area contributed by atoms with E-state index in [-0.39, 0.29) is 17.1 Å². The largest absolute Gasteiger partial charge is 0.374 e. The molecule has 19 heavy (non-hydrogen) atoms. The molecule has 108 valence electrons. The van der Waals surface area contributed by atoms with Crippen molar-refractivity contribution in [2.24, 2.45) is 11.1 Å². The molecule has 2 N–H and O–H groups in total. The summed E-state index contributed by atoms with van der Waals surface area (Å²) >= 11 is 0. The molecule has 0 aromatic carbocycles. The van der Waals surface area contributed by atoms with Crippen molar-refractivity contribution >= 4 is 0 Å². The van der Waals surface area contributed by atoms with Gasteiger partial charge in [0, 0.05) is 24.5 Å². The third-order valence-electron chi connectivity index (χ3n) is 4.02. The van der Waals surface area contributed by atoms with E-state index in [9.17, 15) is 0 Å². The first-order valence-corrected chi connectivity index (χ1v) is 7.31. The van der Waals surface area contributed by atoms with Crippen molar-refractivity contribution in [2.75, 3.05) is 6.61 Å². The summed E-state index contributed by atoms with van der Waals surface area (Å²) in [7, 11) is 0. The molecular formula is C16H28N2O. The van der Waals surface area contributed by atoms with Gasteiger partial charge in [-0.25, -0.2) is 0 Å². The molecule has 1 unspecified atom stereocenters. The average Bonchev–Trinajstić information content (AvgIpc) is 2.59. The summed E-state index contributed by atoms with van der Waals surface area (Å²) in [5.74, 6) is 0. The standard InChI is InChI=1S/C16H28N2O/c1-6-19-16(4,5)11-18-8-7-12-13(17)9-15(2,3)10-14(12)18/h7-8,13H,6,9-11,17H2,1-5H3. The van der Waals surface area contributed by atoms with E-state index in [0.717, 1.165) is 26.0 Å². The lowest BCUT2D eigenvalue weighted by Crippen LogP contribution is -2.34. The summed E-state index contributed by atoms with van der Waals surface area (Å²) in [5, 5.41) is 0. The van der Waals surface area contributed by atoms with Crippen LogP contribution in [0.5, 0.6) is 0 Å². The van der Waals surface area contributed by atoms with E-state index in [1.54, 1.807) is 0 Å². The highest BCUT2D eigenvalue weighted by Crippen LogP contribution is 2.40. The topological polar surface area (TPSA) is 40.2 Å². The van der Waals surface area contributed by atoms with Crippen LogP contribution in [0, 0.1) is 5.41 Å². The van der Waals surface area contributed by atoms with Crippen LogP contribution in [0.2, 0.25) is 0 Å². The molecule has 0 saturated heterocycles. The van der Waals surface area contributed by atoms with Gasteiger partial charge in [-0.3, -0.25) is 0 Å². The van der Waals surface area contributed by atoms with Gasteiger partial charge in [-0.2, -0.15) is 0 Å². The molecule has 1 aliphatic rings. The maximum absolute atomic E-state index is 6.31.